The van der Waals surface area contributed by atoms with E-state index in [0.29, 0.717) is 0 Å². The Bertz CT molecular complexity index is 874. The topological polar surface area (TPSA) is 149 Å². The van der Waals surface area contributed by atoms with Crippen LogP contribution in [0.3, 0.4) is 0 Å². The Morgan fingerprint density at radius 3 is 1.10 bits per heavy atom. The van der Waals surface area contributed by atoms with Crippen molar-refractivity contribution < 1.29 is 39.6 Å². The lowest BCUT2D eigenvalue weighted by Crippen LogP contribution is -2.46. The van der Waals surface area contributed by atoms with Gasteiger partial charge in [-0.2, -0.15) is 0 Å². The van der Waals surface area contributed by atoms with E-state index in [2.05, 4.69) is 0 Å². The molecule has 1 saturated carbocycles. The first-order valence-electron chi connectivity index (χ1n) is 8.76. The molecule has 2 aromatic carbocycles. The minimum atomic E-state index is -1.94. The quantitative estimate of drug-likeness (QED) is 0.575. The van der Waals surface area contributed by atoms with E-state index in [-0.39, 0.29) is 11.1 Å². The van der Waals surface area contributed by atoms with Crippen molar-refractivity contribution in [3.63, 3.8) is 0 Å². The summed E-state index contributed by atoms with van der Waals surface area (Å²) in [7, 11) is 0. The molecular weight excluding hydrogens is 380 g/mol. The van der Waals surface area contributed by atoms with Gasteiger partial charge in [-0.05, 0) is 11.1 Å². The largest absolute Gasteiger partial charge is 0.481 e. The predicted molar refractivity (Wildman–Crippen MR) is 98.2 cm³/mol. The van der Waals surface area contributed by atoms with E-state index in [4.69, 9.17) is 0 Å². The summed E-state index contributed by atoms with van der Waals surface area (Å²) in [5.41, 5.74) is -1.42. The molecule has 0 aromatic heterocycles. The molecule has 8 heteroatoms. The van der Waals surface area contributed by atoms with Crippen molar-refractivity contribution >= 4 is 23.9 Å². The van der Waals surface area contributed by atoms with Crippen LogP contribution < -0.4 is 0 Å². The van der Waals surface area contributed by atoms with Gasteiger partial charge in [0.2, 0.25) is 0 Å². The summed E-state index contributed by atoms with van der Waals surface area (Å²) in [4.78, 5) is 48.8. The number of carboxylic acid groups (broad SMARTS) is 4. The molecule has 3 rings (SSSR count). The molecule has 0 bridgehead atoms. The molecule has 0 spiro atoms. The van der Waals surface area contributed by atoms with Crippen molar-refractivity contribution in [2.75, 3.05) is 0 Å². The van der Waals surface area contributed by atoms with Crippen molar-refractivity contribution in [3.8, 4) is 0 Å². The number of carbonyl (C=O) groups is 4. The van der Waals surface area contributed by atoms with Crippen LogP contribution in [0.15, 0.2) is 60.7 Å². The molecule has 0 radical (unpaired) electrons. The maximum atomic E-state index is 12.4. The van der Waals surface area contributed by atoms with Gasteiger partial charge in [-0.1, -0.05) is 60.7 Å². The molecule has 4 N–H and O–H groups in total. The van der Waals surface area contributed by atoms with Gasteiger partial charge in [-0.3, -0.25) is 19.2 Å². The maximum absolute atomic E-state index is 12.4. The lowest BCUT2D eigenvalue weighted by molar-refractivity contribution is -0.160. The van der Waals surface area contributed by atoms with Crippen LogP contribution in [0.1, 0.15) is 11.1 Å². The highest BCUT2D eigenvalue weighted by Crippen LogP contribution is 2.59. The lowest BCUT2D eigenvalue weighted by Gasteiger charge is -2.39. The molecule has 0 saturated heterocycles. The molecule has 4 atom stereocenters. The summed E-state index contributed by atoms with van der Waals surface area (Å²) < 4.78 is 0. The fourth-order valence-electron chi connectivity index (χ4n) is 4.78. The van der Waals surface area contributed by atoms with Gasteiger partial charge in [-0.25, -0.2) is 0 Å². The Labute approximate surface area is 165 Å². The van der Waals surface area contributed by atoms with Crippen LogP contribution in [0.2, 0.25) is 0 Å². The van der Waals surface area contributed by atoms with Gasteiger partial charge in [0.05, 0.1) is 23.7 Å². The Kier molecular flexibility index (Phi) is 5.11. The monoisotopic (exact) mass is 398 g/mol. The number of carboxylic acids is 4. The molecule has 1 aliphatic carbocycles. The molecule has 0 heterocycles. The zero-order valence-corrected chi connectivity index (χ0v) is 15.0. The average Bonchev–Trinajstić information content (AvgIpc) is 3.03. The second-order valence-electron chi connectivity index (χ2n) is 6.96. The Morgan fingerprint density at radius 1 is 0.552 bits per heavy atom. The van der Waals surface area contributed by atoms with E-state index in [1.807, 2.05) is 0 Å². The van der Waals surface area contributed by atoms with Crippen LogP contribution >= 0.6 is 0 Å². The fraction of sp³-hybridized carbons (Fsp3) is 0.238. The van der Waals surface area contributed by atoms with Gasteiger partial charge in [0.1, 0.15) is 0 Å². The molecule has 0 aliphatic heterocycles. The van der Waals surface area contributed by atoms with Crippen molar-refractivity contribution in [3.05, 3.63) is 71.8 Å². The second kappa shape index (κ2) is 7.38. The van der Waals surface area contributed by atoms with Gasteiger partial charge >= 0.3 is 23.9 Å². The third-order valence-corrected chi connectivity index (χ3v) is 5.69. The Morgan fingerprint density at radius 2 is 0.862 bits per heavy atom. The molecule has 150 valence electrons. The second-order valence-corrected chi connectivity index (χ2v) is 6.96. The maximum Gasteiger partial charge on any atom is 0.308 e. The highest BCUT2D eigenvalue weighted by Gasteiger charge is 2.70. The summed E-state index contributed by atoms with van der Waals surface area (Å²) in [5, 5.41) is 39.6. The highest BCUT2D eigenvalue weighted by atomic mass is 16.4. The van der Waals surface area contributed by atoms with Gasteiger partial charge in [0.25, 0.3) is 0 Å². The summed E-state index contributed by atoms with van der Waals surface area (Å²) in [6.07, 6.45) is 0. The number of hydrogen-bond donors (Lipinski definition) is 4. The van der Waals surface area contributed by atoms with Gasteiger partial charge < -0.3 is 20.4 Å². The van der Waals surface area contributed by atoms with Crippen molar-refractivity contribution in [2.45, 2.75) is 5.41 Å². The molecule has 4 unspecified atom stereocenters. The fourth-order valence-corrected chi connectivity index (χ4v) is 4.78. The number of benzene rings is 2. The standard InChI is InChI=1S/C21H18O8/c22-17(23)13-14(18(24)25)16(20(28)29)21(15(13)19(26)27,11-7-3-1-4-8-11)12-9-5-2-6-10-12/h1-10,13-16H,(H,22,23)(H,24,25)(H,26,27)(H,28,29). The first-order chi connectivity index (χ1) is 13.7. The minimum Gasteiger partial charge on any atom is -0.481 e. The van der Waals surface area contributed by atoms with Crippen molar-refractivity contribution in [2.24, 2.45) is 23.7 Å². The van der Waals surface area contributed by atoms with E-state index in [1.54, 1.807) is 36.4 Å². The van der Waals surface area contributed by atoms with Gasteiger partial charge in [0.15, 0.2) is 0 Å². The van der Waals surface area contributed by atoms with E-state index >= 15 is 0 Å². The first-order valence-corrected chi connectivity index (χ1v) is 8.76. The van der Waals surface area contributed by atoms with Crippen molar-refractivity contribution in [1.82, 2.24) is 0 Å². The van der Waals surface area contributed by atoms with Crippen molar-refractivity contribution in [1.29, 1.82) is 0 Å². The predicted octanol–water partition coefficient (Wildman–Crippen LogP) is 1.79. The molecule has 29 heavy (non-hydrogen) atoms. The van der Waals surface area contributed by atoms with Gasteiger partial charge in [-0.15, -0.1) is 0 Å². The third kappa shape index (κ3) is 2.93. The van der Waals surface area contributed by atoms with Crippen LogP contribution in [0.25, 0.3) is 0 Å². The van der Waals surface area contributed by atoms with Crippen LogP contribution in [0.5, 0.6) is 0 Å². The van der Waals surface area contributed by atoms with E-state index in [1.165, 1.54) is 24.3 Å². The normalized spacial score (nSPS) is 25.2. The molecular formula is C21H18O8. The number of rotatable bonds is 6. The molecule has 0 amide bonds. The minimum absolute atomic E-state index is 0.237. The summed E-state index contributed by atoms with van der Waals surface area (Å²) in [6, 6.07) is 15.6. The van der Waals surface area contributed by atoms with Crippen LogP contribution in [0.4, 0.5) is 0 Å². The smallest absolute Gasteiger partial charge is 0.308 e. The van der Waals surface area contributed by atoms with Crippen LogP contribution in [-0.2, 0) is 24.6 Å². The Balaban J connectivity index is 2.51. The zero-order valence-electron chi connectivity index (χ0n) is 15.0. The van der Waals surface area contributed by atoms with E-state index < -0.39 is 53.0 Å². The molecule has 1 aliphatic rings. The van der Waals surface area contributed by atoms with E-state index in [0.717, 1.165) is 0 Å². The molecule has 1 fully saturated rings. The average molecular weight is 398 g/mol. The van der Waals surface area contributed by atoms with Crippen LogP contribution in [-0.4, -0.2) is 44.3 Å². The number of hydrogen-bond acceptors (Lipinski definition) is 4. The number of aliphatic carboxylic acids is 4. The van der Waals surface area contributed by atoms with Gasteiger partial charge in [0, 0.05) is 5.41 Å². The summed E-state index contributed by atoms with van der Waals surface area (Å²) >= 11 is 0. The van der Waals surface area contributed by atoms with Crippen LogP contribution in [0, 0.1) is 23.7 Å². The third-order valence-electron chi connectivity index (χ3n) is 5.69. The molecule has 2 aromatic rings. The summed E-state index contributed by atoms with van der Waals surface area (Å²) in [5.74, 6) is -14.0. The SMILES string of the molecule is O=C(O)C1C(C(=O)O)C(C(=O)O)C(c2ccccc2)(c2ccccc2)C1C(=O)O. The Hall–Kier alpha value is -3.68. The lowest BCUT2D eigenvalue weighted by atomic mass is 9.61. The highest BCUT2D eigenvalue weighted by molar-refractivity contribution is 5.94. The molecule has 8 nitrogen and oxygen atoms in total. The van der Waals surface area contributed by atoms with E-state index in [9.17, 15) is 39.6 Å². The summed E-state index contributed by atoms with van der Waals surface area (Å²) in [6.45, 7) is 0. The zero-order chi connectivity index (χ0) is 21.3. The first kappa shape index (κ1) is 20.1.